The van der Waals surface area contributed by atoms with Crippen molar-refractivity contribution in [2.24, 2.45) is 11.7 Å². The highest BCUT2D eigenvalue weighted by molar-refractivity contribution is 6.33. The van der Waals surface area contributed by atoms with Crippen LogP contribution in [0.25, 0.3) is 0 Å². The number of nitrogens with one attached hydrogen (secondary N) is 1. The highest BCUT2D eigenvalue weighted by Gasteiger charge is 2.24. The van der Waals surface area contributed by atoms with Crippen LogP contribution >= 0.6 is 11.6 Å². The van der Waals surface area contributed by atoms with Crippen molar-refractivity contribution in [1.29, 1.82) is 0 Å². The summed E-state index contributed by atoms with van der Waals surface area (Å²) in [6.45, 7) is 0.655. The molecule has 6 heteroatoms. The number of nitrogens with zero attached hydrogens (tertiary/aromatic N) is 1. The first kappa shape index (κ1) is 14.1. The van der Waals surface area contributed by atoms with Gasteiger partial charge in [-0.1, -0.05) is 24.4 Å². The van der Waals surface area contributed by atoms with Crippen molar-refractivity contribution in [2.75, 3.05) is 11.9 Å². The number of non-ortho nitro benzene ring substituents is 1. The van der Waals surface area contributed by atoms with Gasteiger partial charge in [-0.3, -0.25) is 10.1 Å². The molecule has 0 heterocycles. The van der Waals surface area contributed by atoms with E-state index < -0.39 is 4.92 Å². The second-order valence-corrected chi connectivity index (χ2v) is 5.36. The van der Waals surface area contributed by atoms with Crippen molar-refractivity contribution >= 4 is 23.0 Å². The van der Waals surface area contributed by atoms with E-state index >= 15 is 0 Å². The predicted octanol–water partition coefficient (Wildman–Crippen LogP) is 3.18. The summed E-state index contributed by atoms with van der Waals surface area (Å²) < 4.78 is 0. The van der Waals surface area contributed by atoms with Gasteiger partial charge in [0.1, 0.15) is 0 Å². The molecule has 1 aromatic rings. The van der Waals surface area contributed by atoms with Crippen LogP contribution in [-0.4, -0.2) is 17.5 Å². The van der Waals surface area contributed by atoms with E-state index in [1.807, 2.05) is 0 Å². The second-order valence-electron chi connectivity index (χ2n) is 4.95. The molecule has 0 aromatic heterocycles. The Morgan fingerprint density at radius 1 is 1.42 bits per heavy atom. The molecule has 0 radical (unpaired) electrons. The lowest BCUT2D eigenvalue weighted by molar-refractivity contribution is -0.384. The quantitative estimate of drug-likeness (QED) is 0.657. The fourth-order valence-electron chi connectivity index (χ4n) is 2.61. The molecule has 2 atom stereocenters. The minimum absolute atomic E-state index is 0.00886. The minimum atomic E-state index is -0.445. The summed E-state index contributed by atoms with van der Waals surface area (Å²) in [6, 6.07) is 4.82. The van der Waals surface area contributed by atoms with Gasteiger partial charge in [-0.25, -0.2) is 0 Å². The molecular weight excluding hydrogens is 266 g/mol. The lowest BCUT2D eigenvalue weighted by Crippen LogP contribution is -2.36. The van der Waals surface area contributed by atoms with Crippen LogP contribution in [-0.2, 0) is 0 Å². The maximum Gasteiger partial charge on any atom is 0.271 e. The maximum absolute atomic E-state index is 10.7. The predicted molar refractivity (Wildman–Crippen MR) is 76.5 cm³/mol. The fourth-order valence-corrected chi connectivity index (χ4v) is 2.84. The first-order valence-corrected chi connectivity index (χ1v) is 6.90. The van der Waals surface area contributed by atoms with Gasteiger partial charge in [-0.15, -0.1) is 0 Å². The monoisotopic (exact) mass is 283 g/mol. The van der Waals surface area contributed by atoms with Crippen LogP contribution in [0.2, 0.25) is 5.02 Å². The van der Waals surface area contributed by atoms with E-state index in [4.69, 9.17) is 17.3 Å². The number of anilines is 1. The molecule has 104 valence electrons. The Bertz CT molecular complexity index is 467. The van der Waals surface area contributed by atoms with Crippen molar-refractivity contribution in [1.82, 2.24) is 0 Å². The summed E-state index contributed by atoms with van der Waals surface area (Å²) in [4.78, 5) is 10.2. The van der Waals surface area contributed by atoms with Crippen molar-refractivity contribution in [3.05, 3.63) is 33.3 Å². The zero-order valence-electron chi connectivity index (χ0n) is 10.6. The van der Waals surface area contributed by atoms with E-state index in [0.29, 0.717) is 23.5 Å². The molecule has 2 unspecified atom stereocenters. The summed E-state index contributed by atoms with van der Waals surface area (Å²) >= 11 is 6.09. The molecular formula is C13H18ClN3O2. The molecule has 3 N–H and O–H groups in total. The third kappa shape index (κ3) is 3.36. The number of hydrogen-bond acceptors (Lipinski definition) is 4. The molecule has 5 nitrogen and oxygen atoms in total. The molecule has 1 aliphatic carbocycles. The highest BCUT2D eigenvalue weighted by atomic mass is 35.5. The zero-order chi connectivity index (χ0) is 13.8. The number of rotatable bonds is 4. The number of nitrogens with two attached hydrogens (primary N) is 1. The van der Waals surface area contributed by atoms with Gasteiger partial charge < -0.3 is 11.1 Å². The second kappa shape index (κ2) is 6.21. The Morgan fingerprint density at radius 3 is 2.79 bits per heavy atom. The van der Waals surface area contributed by atoms with Gasteiger partial charge in [-0.05, 0) is 31.4 Å². The summed E-state index contributed by atoms with van der Waals surface area (Å²) in [5.74, 6) is 0.444. The van der Waals surface area contributed by atoms with Crippen LogP contribution in [0.15, 0.2) is 18.2 Å². The molecule has 2 rings (SSSR count). The molecule has 1 aliphatic rings. The van der Waals surface area contributed by atoms with Crippen LogP contribution in [0.1, 0.15) is 25.7 Å². The standard InChI is InChI=1S/C13H18ClN3O2/c14-11-7-10(17(18)19)5-6-13(11)16-12-4-2-1-3-9(12)8-15/h5-7,9,12,16H,1-4,8,15H2. The number of nitro benzene ring substituents is 1. The summed E-state index contributed by atoms with van der Waals surface area (Å²) in [6.07, 6.45) is 4.58. The molecule has 0 bridgehead atoms. The molecule has 0 amide bonds. The third-order valence-corrected chi connectivity index (χ3v) is 4.03. The summed E-state index contributed by atoms with van der Waals surface area (Å²) in [5, 5.41) is 14.4. The van der Waals surface area contributed by atoms with E-state index in [9.17, 15) is 10.1 Å². The summed E-state index contributed by atoms with van der Waals surface area (Å²) in [7, 11) is 0. The van der Waals surface area contributed by atoms with E-state index in [1.54, 1.807) is 6.07 Å². The third-order valence-electron chi connectivity index (χ3n) is 3.72. The van der Waals surface area contributed by atoms with Crippen molar-refractivity contribution in [2.45, 2.75) is 31.7 Å². The Labute approximate surface area is 117 Å². The average Bonchev–Trinajstić information content (AvgIpc) is 2.41. The first-order valence-electron chi connectivity index (χ1n) is 6.52. The topological polar surface area (TPSA) is 81.2 Å². The number of hydrogen-bond donors (Lipinski definition) is 2. The van der Waals surface area contributed by atoms with Gasteiger partial charge in [0.05, 0.1) is 15.6 Å². The van der Waals surface area contributed by atoms with E-state index in [0.717, 1.165) is 18.5 Å². The highest BCUT2D eigenvalue weighted by Crippen LogP contribution is 2.31. The number of halogens is 1. The Kier molecular flexibility index (Phi) is 4.61. The average molecular weight is 284 g/mol. The van der Waals surface area contributed by atoms with Gasteiger partial charge >= 0.3 is 0 Å². The molecule has 0 saturated heterocycles. The van der Waals surface area contributed by atoms with Crippen LogP contribution < -0.4 is 11.1 Å². The molecule has 1 fully saturated rings. The lowest BCUT2D eigenvalue weighted by Gasteiger charge is -2.32. The normalized spacial score (nSPS) is 23.1. The SMILES string of the molecule is NCC1CCCCC1Nc1ccc([N+](=O)[O-])cc1Cl. The molecule has 0 aliphatic heterocycles. The number of nitro groups is 1. The van der Waals surface area contributed by atoms with Crippen LogP contribution in [0.4, 0.5) is 11.4 Å². The van der Waals surface area contributed by atoms with Gasteiger partial charge in [0.25, 0.3) is 5.69 Å². The Morgan fingerprint density at radius 2 is 2.16 bits per heavy atom. The lowest BCUT2D eigenvalue weighted by atomic mass is 9.84. The van der Waals surface area contributed by atoms with Gasteiger partial charge in [0.15, 0.2) is 0 Å². The smallest absolute Gasteiger partial charge is 0.271 e. The van der Waals surface area contributed by atoms with Crippen molar-refractivity contribution < 1.29 is 4.92 Å². The number of benzene rings is 1. The molecule has 19 heavy (non-hydrogen) atoms. The van der Waals surface area contributed by atoms with Crippen LogP contribution in [0, 0.1) is 16.0 Å². The van der Waals surface area contributed by atoms with Gasteiger partial charge in [-0.2, -0.15) is 0 Å². The van der Waals surface area contributed by atoms with Gasteiger partial charge in [0, 0.05) is 18.2 Å². The molecule has 1 aromatic carbocycles. The fraction of sp³-hybridized carbons (Fsp3) is 0.538. The van der Waals surface area contributed by atoms with Crippen LogP contribution in [0.5, 0.6) is 0 Å². The maximum atomic E-state index is 10.7. The van der Waals surface area contributed by atoms with Gasteiger partial charge in [0.2, 0.25) is 0 Å². The molecule has 1 saturated carbocycles. The largest absolute Gasteiger partial charge is 0.381 e. The van der Waals surface area contributed by atoms with Crippen LogP contribution in [0.3, 0.4) is 0 Å². The van der Waals surface area contributed by atoms with Crippen molar-refractivity contribution in [3.8, 4) is 0 Å². The Hall–Kier alpha value is -1.33. The van der Waals surface area contributed by atoms with E-state index in [-0.39, 0.29) is 5.69 Å². The van der Waals surface area contributed by atoms with E-state index in [1.165, 1.54) is 25.0 Å². The first-order chi connectivity index (χ1) is 9.11. The summed E-state index contributed by atoms with van der Waals surface area (Å²) in [5.41, 5.74) is 6.54. The Balaban J connectivity index is 2.11. The zero-order valence-corrected chi connectivity index (χ0v) is 11.4. The van der Waals surface area contributed by atoms with E-state index in [2.05, 4.69) is 5.32 Å². The molecule has 0 spiro atoms. The van der Waals surface area contributed by atoms with Crippen molar-refractivity contribution in [3.63, 3.8) is 0 Å². The minimum Gasteiger partial charge on any atom is -0.381 e.